The highest BCUT2D eigenvalue weighted by molar-refractivity contribution is 7.80. The van der Waals surface area contributed by atoms with Crippen LogP contribution in [0.1, 0.15) is 32.6 Å². The zero-order chi connectivity index (χ0) is 11.1. The lowest BCUT2D eigenvalue weighted by atomic mass is 9.62. The molecule has 84 valence electrons. The van der Waals surface area contributed by atoms with Crippen LogP contribution in [0.25, 0.3) is 0 Å². The van der Waals surface area contributed by atoms with Crippen molar-refractivity contribution in [3.05, 3.63) is 0 Å². The molecule has 3 nitrogen and oxygen atoms in total. The minimum atomic E-state index is -0.524. The highest BCUT2D eigenvalue weighted by Gasteiger charge is 2.50. The molecule has 2 aliphatic carbocycles. The Kier molecular flexibility index (Phi) is 2.71. The highest BCUT2D eigenvalue weighted by atomic mass is 32.1. The van der Waals surface area contributed by atoms with E-state index in [1.165, 1.54) is 12.8 Å². The minimum Gasteiger partial charge on any atom is -0.392 e. The summed E-state index contributed by atoms with van der Waals surface area (Å²) < 4.78 is 0. The summed E-state index contributed by atoms with van der Waals surface area (Å²) in [5.74, 6) is 1.33. The third kappa shape index (κ3) is 2.00. The van der Waals surface area contributed by atoms with Crippen molar-refractivity contribution in [3.8, 4) is 0 Å². The van der Waals surface area contributed by atoms with Gasteiger partial charge in [0.1, 0.15) is 0 Å². The predicted molar refractivity (Wildman–Crippen MR) is 63.4 cm³/mol. The number of rotatable bonds is 4. The molecule has 0 aromatic heterocycles. The summed E-state index contributed by atoms with van der Waals surface area (Å²) in [4.78, 5) is 12.4. The summed E-state index contributed by atoms with van der Waals surface area (Å²) in [6.07, 6.45) is 4.13. The topological polar surface area (TPSA) is 55.1 Å². The Labute approximate surface area is 95.8 Å². The van der Waals surface area contributed by atoms with Gasteiger partial charge in [-0.2, -0.15) is 0 Å². The molecule has 0 spiro atoms. The first-order valence-corrected chi connectivity index (χ1v) is 6.03. The van der Waals surface area contributed by atoms with Crippen LogP contribution >= 0.6 is 12.2 Å². The third-order valence-corrected chi connectivity index (χ3v) is 3.94. The van der Waals surface area contributed by atoms with Gasteiger partial charge in [-0.15, -0.1) is 0 Å². The number of hydrogen-bond acceptors (Lipinski definition) is 2. The second-order valence-corrected chi connectivity index (χ2v) is 5.55. The Balaban J connectivity index is 1.92. The van der Waals surface area contributed by atoms with Crippen molar-refractivity contribution < 1.29 is 4.79 Å². The van der Waals surface area contributed by atoms with Gasteiger partial charge < -0.3 is 11.1 Å². The van der Waals surface area contributed by atoms with Gasteiger partial charge >= 0.3 is 0 Å². The number of amides is 1. The lowest BCUT2D eigenvalue weighted by molar-refractivity contribution is -0.132. The van der Waals surface area contributed by atoms with Gasteiger partial charge in [0.2, 0.25) is 5.91 Å². The maximum Gasteiger partial charge on any atom is 0.233 e. The first-order chi connectivity index (χ1) is 7.04. The fourth-order valence-corrected chi connectivity index (χ4v) is 2.62. The number of carbonyl (C=O) groups excluding carboxylic acids is 1. The van der Waals surface area contributed by atoms with Crippen LogP contribution in [0, 0.1) is 17.3 Å². The largest absolute Gasteiger partial charge is 0.392 e. The second-order valence-electron chi connectivity index (χ2n) is 5.11. The smallest absolute Gasteiger partial charge is 0.233 e. The molecule has 0 aromatic rings. The monoisotopic (exact) mass is 226 g/mol. The summed E-state index contributed by atoms with van der Waals surface area (Å²) in [5.41, 5.74) is 5.16. The average Bonchev–Trinajstić information content (AvgIpc) is 2.91. The van der Waals surface area contributed by atoms with E-state index in [-0.39, 0.29) is 5.91 Å². The zero-order valence-corrected chi connectivity index (χ0v) is 9.90. The van der Waals surface area contributed by atoms with E-state index >= 15 is 0 Å². The van der Waals surface area contributed by atoms with Gasteiger partial charge in [-0.1, -0.05) is 19.1 Å². The third-order valence-electron chi connectivity index (χ3n) is 3.55. The normalized spacial score (nSPS) is 34.3. The van der Waals surface area contributed by atoms with Crippen LogP contribution in [-0.4, -0.2) is 17.4 Å². The molecule has 4 heteroatoms. The molecule has 0 radical (unpaired) electrons. The van der Waals surface area contributed by atoms with Crippen LogP contribution in [0.2, 0.25) is 0 Å². The summed E-state index contributed by atoms with van der Waals surface area (Å²) in [7, 11) is 0. The van der Waals surface area contributed by atoms with E-state index in [1.807, 2.05) is 0 Å². The van der Waals surface area contributed by atoms with E-state index in [0.717, 1.165) is 19.4 Å². The molecule has 1 amide bonds. The van der Waals surface area contributed by atoms with Gasteiger partial charge in [0.25, 0.3) is 0 Å². The molecular weight excluding hydrogens is 208 g/mol. The van der Waals surface area contributed by atoms with Crippen molar-refractivity contribution in [1.82, 2.24) is 5.32 Å². The van der Waals surface area contributed by atoms with Gasteiger partial charge in [-0.05, 0) is 37.5 Å². The van der Waals surface area contributed by atoms with Gasteiger partial charge in [-0.25, -0.2) is 0 Å². The van der Waals surface area contributed by atoms with Crippen LogP contribution in [-0.2, 0) is 4.79 Å². The molecule has 2 aliphatic rings. The Morgan fingerprint density at radius 2 is 2.13 bits per heavy atom. The number of nitrogens with one attached hydrogen (secondary N) is 1. The average molecular weight is 226 g/mol. The Hall–Kier alpha value is -0.640. The maximum absolute atomic E-state index is 12.0. The fraction of sp³-hybridized carbons (Fsp3) is 0.818. The lowest BCUT2D eigenvalue weighted by Crippen LogP contribution is -2.56. The molecule has 3 N–H and O–H groups in total. The maximum atomic E-state index is 12.0. The number of hydrogen-bond donors (Lipinski definition) is 2. The van der Waals surface area contributed by atoms with Crippen molar-refractivity contribution >= 4 is 23.1 Å². The standard InChI is InChI=1S/C11H18N2OS/c1-7-4-11(5-7,9(12)15)10(14)13-6-8-2-3-8/h7-8H,2-6H2,1H3,(H2,12,15)(H,13,14). The van der Waals surface area contributed by atoms with Crippen LogP contribution in [0.15, 0.2) is 0 Å². The summed E-state index contributed by atoms with van der Waals surface area (Å²) in [6, 6.07) is 0. The molecule has 0 atom stereocenters. The molecular formula is C11H18N2OS. The Bertz CT molecular complexity index is 293. The summed E-state index contributed by atoms with van der Waals surface area (Å²) >= 11 is 5.02. The van der Waals surface area contributed by atoms with Gasteiger partial charge in [0, 0.05) is 6.54 Å². The Morgan fingerprint density at radius 1 is 1.53 bits per heavy atom. The molecule has 2 saturated carbocycles. The molecule has 0 heterocycles. The zero-order valence-electron chi connectivity index (χ0n) is 9.08. The molecule has 0 aromatic carbocycles. The van der Waals surface area contributed by atoms with E-state index in [0.29, 0.717) is 16.8 Å². The number of thiocarbonyl (C=S) groups is 1. The fourth-order valence-electron chi connectivity index (χ4n) is 2.36. The summed E-state index contributed by atoms with van der Waals surface area (Å²) in [6.45, 7) is 2.93. The van der Waals surface area contributed by atoms with E-state index in [2.05, 4.69) is 12.2 Å². The van der Waals surface area contributed by atoms with E-state index < -0.39 is 5.41 Å². The van der Waals surface area contributed by atoms with Crippen LogP contribution in [0.5, 0.6) is 0 Å². The van der Waals surface area contributed by atoms with Gasteiger partial charge in [-0.3, -0.25) is 4.79 Å². The molecule has 0 bridgehead atoms. The van der Waals surface area contributed by atoms with Crippen LogP contribution < -0.4 is 11.1 Å². The van der Waals surface area contributed by atoms with Crippen LogP contribution in [0.3, 0.4) is 0 Å². The lowest BCUT2D eigenvalue weighted by Gasteiger charge is -2.44. The Morgan fingerprint density at radius 3 is 2.53 bits per heavy atom. The molecule has 0 aliphatic heterocycles. The second kappa shape index (κ2) is 3.74. The molecule has 2 fully saturated rings. The SMILES string of the molecule is CC1CC(C(=O)NCC2CC2)(C(N)=S)C1. The summed E-state index contributed by atoms with van der Waals surface area (Å²) in [5, 5.41) is 2.98. The van der Waals surface area contributed by atoms with Crippen LogP contribution in [0.4, 0.5) is 0 Å². The van der Waals surface area contributed by atoms with Crippen molar-refractivity contribution in [2.45, 2.75) is 32.6 Å². The van der Waals surface area contributed by atoms with E-state index in [1.54, 1.807) is 0 Å². The number of carbonyl (C=O) groups is 1. The first kappa shape index (κ1) is 10.9. The minimum absolute atomic E-state index is 0.0556. The predicted octanol–water partition coefficient (Wildman–Crippen LogP) is 1.22. The highest BCUT2D eigenvalue weighted by Crippen LogP contribution is 2.46. The van der Waals surface area contributed by atoms with Gasteiger partial charge in [0.05, 0.1) is 10.4 Å². The number of nitrogens with two attached hydrogens (primary N) is 1. The van der Waals surface area contributed by atoms with E-state index in [4.69, 9.17) is 18.0 Å². The quantitative estimate of drug-likeness (QED) is 0.709. The van der Waals surface area contributed by atoms with Crippen molar-refractivity contribution in [1.29, 1.82) is 0 Å². The molecule has 15 heavy (non-hydrogen) atoms. The van der Waals surface area contributed by atoms with Crippen molar-refractivity contribution in [2.24, 2.45) is 23.0 Å². The molecule has 0 saturated heterocycles. The van der Waals surface area contributed by atoms with Crippen molar-refractivity contribution in [3.63, 3.8) is 0 Å². The van der Waals surface area contributed by atoms with Gasteiger partial charge in [0.15, 0.2) is 0 Å². The molecule has 0 unspecified atom stereocenters. The first-order valence-electron chi connectivity index (χ1n) is 5.63. The van der Waals surface area contributed by atoms with E-state index in [9.17, 15) is 4.79 Å². The van der Waals surface area contributed by atoms with Crippen molar-refractivity contribution in [2.75, 3.05) is 6.54 Å². The molecule has 2 rings (SSSR count).